The van der Waals surface area contributed by atoms with Crippen molar-refractivity contribution in [1.29, 1.82) is 0 Å². The molecule has 0 saturated heterocycles. The molecule has 2 N–H and O–H groups in total. The van der Waals surface area contributed by atoms with Gasteiger partial charge in [-0.25, -0.2) is 9.67 Å². The number of ether oxygens (including phenoxy) is 1. The number of para-hydroxylation sites is 1. The minimum atomic E-state index is 0.220. The number of aryl methyl sites for hydroxylation is 1. The van der Waals surface area contributed by atoms with E-state index in [-0.39, 0.29) is 6.04 Å². The van der Waals surface area contributed by atoms with Gasteiger partial charge in [-0.15, -0.1) is 10.2 Å². The summed E-state index contributed by atoms with van der Waals surface area (Å²) in [5.41, 5.74) is 1.02. The Labute approximate surface area is 169 Å². The number of methoxy groups -OCH3 is 1. The number of aliphatic imine (C=N–C) groups is 1. The maximum atomic E-state index is 5.13. The topological polar surface area (TPSA) is 107 Å². The molecule has 1 aliphatic rings. The van der Waals surface area contributed by atoms with E-state index in [9.17, 15) is 0 Å². The number of guanidine groups is 1. The van der Waals surface area contributed by atoms with Crippen LogP contribution >= 0.6 is 0 Å². The lowest BCUT2D eigenvalue weighted by molar-refractivity contribution is 0.177. The monoisotopic (exact) mass is 395 g/mol. The Morgan fingerprint density at radius 3 is 2.97 bits per heavy atom. The predicted molar refractivity (Wildman–Crippen MR) is 108 cm³/mol. The summed E-state index contributed by atoms with van der Waals surface area (Å²) in [6.07, 6.45) is 3.55. The molecule has 1 aliphatic heterocycles. The zero-order chi connectivity index (χ0) is 20.1. The third kappa shape index (κ3) is 4.43. The van der Waals surface area contributed by atoms with Gasteiger partial charge in [0.15, 0.2) is 17.6 Å². The van der Waals surface area contributed by atoms with Crippen LogP contribution in [0.25, 0.3) is 5.69 Å². The summed E-state index contributed by atoms with van der Waals surface area (Å²) in [7, 11) is 3.41. The molecule has 3 aromatic rings. The molecule has 29 heavy (non-hydrogen) atoms. The van der Waals surface area contributed by atoms with Gasteiger partial charge in [-0.3, -0.25) is 9.56 Å². The summed E-state index contributed by atoms with van der Waals surface area (Å²) >= 11 is 0. The zero-order valence-corrected chi connectivity index (χ0v) is 16.6. The Morgan fingerprint density at radius 2 is 2.17 bits per heavy atom. The van der Waals surface area contributed by atoms with E-state index in [1.165, 1.54) is 0 Å². The van der Waals surface area contributed by atoms with Crippen LogP contribution < -0.4 is 10.6 Å². The Balaban J connectivity index is 1.36. The Kier molecular flexibility index (Phi) is 5.80. The highest BCUT2D eigenvalue weighted by Gasteiger charge is 2.22. The first-order valence-electron chi connectivity index (χ1n) is 9.60. The fraction of sp³-hybridized carbons (Fsp3) is 0.421. The largest absolute Gasteiger partial charge is 0.377 e. The summed E-state index contributed by atoms with van der Waals surface area (Å²) < 4.78 is 9.04. The molecule has 3 heterocycles. The third-order valence-corrected chi connectivity index (χ3v) is 4.81. The van der Waals surface area contributed by atoms with Crippen LogP contribution in [0.1, 0.15) is 23.9 Å². The maximum Gasteiger partial charge on any atom is 0.191 e. The summed E-state index contributed by atoms with van der Waals surface area (Å²) in [4.78, 5) is 8.86. The van der Waals surface area contributed by atoms with Crippen molar-refractivity contribution in [3.05, 3.63) is 54.1 Å². The lowest BCUT2D eigenvalue weighted by atomic mass is 10.1. The van der Waals surface area contributed by atoms with Crippen LogP contribution in [0.3, 0.4) is 0 Å². The van der Waals surface area contributed by atoms with E-state index >= 15 is 0 Å². The third-order valence-electron chi connectivity index (χ3n) is 4.81. The number of hydrogen-bond acceptors (Lipinski definition) is 6. The van der Waals surface area contributed by atoms with Crippen molar-refractivity contribution in [2.75, 3.05) is 14.2 Å². The van der Waals surface area contributed by atoms with Gasteiger partial charge in [0.25, 0.3) is 0 Å². The van der Waals surface area contributed by atoms with Gasteiger partial charge < -0.3 is 15.4 Å². The van der Waals surface area contributed by atoms with Crippen molar-refractivity contribution in [3.63, 3.8) is 0 Å². The number of benzene rings is 1. The molecule has 10 nitrogen and oxygen atoms in total. The normalized spacial score (nSPS) is 16.5. The highest BCUT2D eigenvalue weighted by atomic mass is 16.5. The molecule has 1 unspecified atom stereocenters. The van der Waals surface area contributed by atoms with Crippen molar-refractivity contribution in [2.24, 2.45) is 4.99 Å². The first-order chi connectivity index (χ1) is 14.3. The van der Waals surface area contributed by atoms with Crippen LogP contribution in [-0.2, 0) is 30.9 Å². The van der Waals surface area contributed by atoms with Gasteiger partial charge in [0, 0.05) is 32.3 Å². The van der Waals surface area contributed by atoms with Crippen LogP contribution in [0.2, 0.25) is 0 Å². The number of fused-ring (bicyclic) bond motifs is 1. The molecule has 0 bridgehead atoms. The summed E-state index contributed by atoms with van der Waals surface area (Å²) in [5, 5.41) is 19.6. The van der Waals surface area contributed by atoms with Gasteiger partial charge >= 0.3 is 0 Å². The van der Waals surface area contributed by atoms with Gasteiger partial charge in [-0.2, -0.15) is 5.10 Å². The molecular weight excluding hydrogens is 370 g/mol. The number of aromatic nitrogens is 6. The van der Waals surface area contributed by atoms with Crippen LogP contribution in [0.15, 0.2) is 41.7 Å². The Hall–Kier alpha value is -3.27. The van der Waals surface area contributed by atoms with Crippen molar-refractivity contribution < 1.29 is 4.74 Å². The molecule has 10 heteroatoms. The van der Waals surface area contributed by atoms with Crippen LogP contribution in [0.4, 0.5) is 0 Å². The first kappa shape index (κ1) is 19.1. The van der Waals surface area contributed by atoms with E-state index in [2.05, 4.69) is 35.9 Å². The SMILES string of the molecule is CN=C(NCc1nncn1-c1ccccc1)NC1CCc2nc(COC)nn2C1. The van der Waals surface area contributed by atoms with E-state index in [0.717, 1.165) is 48.5 Å². The summed E-state index contributed by atoms with van der Waals surface area (Å²) in [6.45, 7) is 1.68. The van der Waals surface area contributed by atoms with Gasteiger partial charge in [0.2, 0.25) is 0 Å². The molecule has 0 spiro atoms. The average molecular weight is 395 g/mol. The fourth-order valence-corrected chi connectivity index (χ4v) is 3.40. The van der Waals surface area contributed by atoms with Crippen LogP contribution in [0.5, 0.6) is 0 Å². The van der Waals surface area contributed by atoms with Gasteiger partial charge in [-0.05, 0) is 18.6 Å². The van der Waals surface area contributed by atoms with Crippen molar-refractivity contribution in [2.45, 2.75) is 38.6 Å². The van der Waals surface area contributed by atoms with Gasteiger partial charge in [-0.1, -0.05) is 18.2 Å². The average Bonchev–Trinajstić information content (AvgIpc) is 3.38. The highest BCUT2D eigenvalue weighted by molar-refractivity contribution is 5.79. The quantitative estimate of drug-likeness (QED) is 0.467. The smallest absolute Gasteiger partial charge is 0.191 e. The standard InChI is InChI=1S/C19H25N9O/c1-20-19(21-10-18-25-22-13-27(18)15-6-4-3-5-7-15)23-14-8-9-17-24-16(12-29-2)26-28(17)11-14/h3-7,13-14H,8-12H2,1-2H3,(H2,20,21,23). The van der Waals surface area contributed by atoms with E-state index in [0.29, 0.717) is 13.2 Å². The molecule has 0 aliphatic carbocycles. The Morgan fingerprint density at radius 1 is 1.31 bits per heavy atom. The van der Waals surface area contributed by atoms with E-state index < -0.39 is 0 Å². The minimum absolute atomic E-state index is 0.220. The van der Waals surface area contributed by atoms with Crippen LogP contribution in [-0.4, -0.2) is 55.7 Å². The number of rotatable bonds is 6. The molecular formula is C19H25N9O. The molecule has 0 amide bonds. The lowest BCUT2D eigenvalue weighted by Crippen LogP contribution is -2.47. The molecule has 0 fully saturated rings. The van der Waals surface area contributed by atoms with E-state index in [4.69, 9.17) is 4.74 Å². The van der Waals surface area contributed by atoms with Gasteiger partial charge in [0.1, 0.15) is 18.8 Å². The minimum Gasteiger partial charge on any atom is -0.377 e. The predicted octanol–water partition coefficient (Wildman–Crippen LogP) is 0.685. The van der Waals surface area contributed by atoms with Crippen LogP contribution in [0, 0.1) is 0 Å². The summed E-state index contributed by atoms with van der Waals surface area (Å²) in [5.74, 6) is 3.27. The zero-order valence-electron chi connectivity index (χ0n) is 16.6. The summed E-state index contributed by atoms with van der Waals surface area (Å²) in [6, 6.07) is 10.2. The van der Waals surface area contributed by atoms with E-state index in [1.807, 2.05) is 39.6 Å². The molecule has 1 aromatic carbocycles. The first-order valence-corrected chi connectivity index (χ1v) is 9.60. The second kappa shape index (κ2) is 8.82. The second-order valence-corrected chi connectivity index (χ2v) is 6.82. The second-order valence-electron chi connectivity index (χ2n) is 6.82. The van der Waals surface area contributed by atoms with Crippen molar-refractivity contribution >= 4 is 5.96 Å². The number of hydrogen-bond donors (Lipinski definition) is 2. The molecule has 2 aromatic heterocycles. The Bertz CT molecular complexity index is 963. The highest BCUT2D eigenvalue weighted by Crippen LogP contribution is 2.13. The molecule has 1 atom stereocenters. The van der Waals surface area contributed by atoms with E-state index in [1.54, 1.807) is 20.5 Å². The molecule has 4 rings (SSSR count). The molecule has 0 radical (unpaired) electrons. The van der Waals surface area contributed by atoms with Gasteiger partial charge in [0.05, 0.1) is 13.1 Å². The number of nitrogens with one attached hydrogen (secondary N) is 2. The molecule has 0 saturated carbocycles. The molecule has 152 valence electrons. The fourth-order valence-electron chi connectivity index (χ4n) is 3.40. The van der Waals surface area contributed by atoms with Crippen molar-refractivity contribution in [1.82, 2.24) is 40.2 Å². The lowest BCUT2D eigenvalue weighted by Gasteiger charge is -2.25. The van der Waals surface area contributed by atoms with Crippen molar-refractivity contribution in [3.8, 4) is 5.69 Å². The maximum absolute atomic E-state index is 5.13. The number of nitrogens with zero attached hydrogens (tertiary/aromatic N) is 7.